The monoisotopic (exact) mass is 160 g/mol. The van der Waals surface area contributed by atoms with E-state index in [2.05, 4.69) is 15.1 Å². The van der Waals surface area contributed by atoms with Crippen LogP contribution in [0.2, 0.25) is 0 Å². The van der Waals surface area contributed by atoms with Crippen LogP contribution in [-0.2, 0) is 6.54 Å². The van der Waals surface area contributed by atoms with E-state index in [4.69, 9.17) is 0 Å². The Bertz CT molecular complexity index is 327. The third-order valence-electron chi connectivity index (χ3n) is 1.50. The maximum Gasteiger partial charge on any atom is 0.0846 e. The van der Waals surface area contributed by atoms with Crippen LogP contribution in [0.3, 0.4) is 0 Å². The molecule has 4 nitrogen and oxygen atoms in total. The normalized spacial score (nSPS) is 10.0. The Hall–Kier alpha value is -1.71. The van der Waals surface area contributed by atoms with Gasteiger partial charge >= 0.3 is 0 Å². The van der Waals surface area contributed by atoms with Crippen molar-refractivity contribution in [1.29, 1.82) is 0 Å². The third-order valence-corrected chi connectivity index (χ3v) is 1.50. The lowest BCUT2D eigenvalue weighted by Crippen LogP contribution is -2.01. The number of hydrogen-bond donors (Lipinski definition) is 0. The third kappa shape index (κ3) is 1.47. The van der Waals surface area contributed by atoms with Crippen molar-refractivity contribution in [1.82, 2.24) is 19.7 Å². The number of rotatable bonds is 2. The van der Waals surface area contributed by atoms with Crippen LogP contribution in [0.4, 0.5) is 0 Å². The van der Waals surface area contributed by atoms with E-state index >= 15 is 0 Å². The van der Waals surface area contributed by atoms with E-state index in [1.165, 1.54) is 0 Å². The van der Waals surface area contributed by atoms with Gasteiger partial charge in [0.25, 0.3) is 0 Å². The minimum absolute atomic E-state index is 0.681. The van der Waals surface area contributed by atoms with Crippen molar-refractivity contribution in [2.24, 2.45) is 0 Å². The zero-order chi connectivity index (χ0) is 8.23. The van der Waals surface area contributed by atoms with Gasteiger partial charge in [0.15, 0.2) is 0 Å². The predicted octanol–water partition coefficient (Wildman–Crippen LogP) is 0.721. The Labute approximate surface area is 69.9 Å². The van der Waals surface area contributed by atoms with Crippen LogP contribution >= 0.6 is 0 Å². The van der Waals surface area contributed by atoms with Gasteiger partial charge < -0.3 is 0 Å². The molecule has 0 aromatic carbocycles. The summed E-state index contributed by atoms with van der Waals surface area (Å²) in [5.74, 6) is 0. The van der Waals surface area contributed by atoms with Gasteiger partial charge in [0.05, 0.1) is 18.4 Å². The highest BCUT2D eigenvalue weighted by atomic mass is 15.3. The van der Waals surface area contributed by atoms with Crippen LogP contribution in [0.5, 0.6) is 0 Å². The molecule has 0 bridgehead atoms. The van der Waals surface area contributed by atoms with Crippen LogP contribution in [0, 0.1) is 0 Å². The summed E-state index contributed by atoms with van der Waals surface area (Å²) < 4.78 is 1.81. The maximum atomic E-state index is 4.13. The van der Waals surface area contributed by atoms with Gasteiger partial charge in [-0.3, -0.25) is 14.6 Å². The molecule has 12 heavy (non-hydrogen) atoms. The average molecular weight is 160 g/mol. The highest BCUT2D eigenvalue weighted by molar-refractivity contribution is 4.95. The zero-order valence-electron chi connectivity index (χ0n) is 6.46. The summed E-state index contributed by atoms with van der Waals surface area (Å²) in [4.78, 5) is 8.09. The van der Waals surface area contributed by atoms with E-state index in [0.29, 0.717) is 6.54 Å². The first-order chi connectivity index (χ1) is 5.95. The molecule has 0 aliphatic heterocycles. The molecular formula is C8H8N4. The van der Waals surface area contributed by atoms with Gasteiger partial charge in [0.1, 0.15) is 0 Å². The largest absolute Gasteiger partial charge is 0.267 e. The van der Waals surface area contributed by atoms with Crippen molar-refractivity contribution in [3.8, 4) is 0 Å². The summed E-state index contributed by atoms with van der Waals surface area (Å²) in [6.07, 6.45) is 8.72. The second-order valence-electron chi connectivity index (χ2n) is 2.40. The summed E-state index contributed by atoms with van der Waals surface area (Å²) in [5.41, 5.74) is 0.918. The highest BCUT2D eigenvalue weighted by Gasteiger charge is 1.93. The fourth-order valence-electron chi connectivity index (χ4n) is 0.972. The number of nitrogens with zero attached hydrogens (tertiary/aromatic N) is 4. The van der Waals surface area contributed by atoms with E-state index in [0.717, 1.165) is 5.69 Å². The van der Waals surface area contributed by atoms with Gasteiger partial charge in [0, 0.05) is 24.8 Å². The van der Waals surface area contributed by atoms with E-state index in [1.54, 1.807) is 24.8 Å². The van der Waals surface area contributed by atoms with Crippen LogP contribution in [-0.4, -0.2) is 19.7 Å². The second-order valence-corrected chi connectivity index (χ2v) is 2.40. The van der Waals surface area contributed by atoms with Crippen molar-refractivity contribution in [3.05, 3.63) is 42.7 Å². The molecule has 4 heteroatoms. The fraction of sp³-hybridized carbons (Fsp3) is 0.125. The smallest absolute Gasteiger partial charge is 0.0846 e. The van der Waals surface area contributed by atoms with E-state index in [-0.39, 0.29) is 0 Å². The summed E-state index contributed by atoms with van der Waals surface area (Å²) >= 11 is 0. The Morgan fingerprint density at radius 1 is 1.25 bits per heavy atom. The summed E-state index contributed by atoms with van der Waals surface area (Å²) in [5, 5.41) is 4.06. The van der Waals surface area contributed by atoms with Gasteiger partial charge in [0.2, 0.25) is 0 Å². The quantitative estimate of drug-likeness (QED) is 0.650. The van der Waals surface area contributed by atoms with Gasteiger partial charge in [-0.1, -0.05) is 0 Å². The standard InChI is InChI=1S/C8H8N4/c1-2-11-12(5-1)7-8-6-9-3-4-10-8/h1-6H,7H2. The van der Waals surface area contributed by atoms with Crippen molar-refractivity contribution in [2.75, 3.05) is 0 Å². The molecule has 0 aliphatic carbocycles. The molecule has 0 amide bonds. The molecule has 0 N–H and O–H groups in total. The molecule has 0 atom stereocenters. The molecule has 2 aromatic rings. The first-order valence-corrected chi connectivity index (χ1v) is 3.67. The lowest BCUT2D eigenvalue weighted by Gasteiger charge is -1.98. The fourth-order valence-corrected chi connectivity index (χ4v) is 0.972. The Morgan fingerprint density at radius 3 is 2.92 bits per heavy atom. The molecule has 2 rings (SSSR count). The molecule has 0 fully saturated rings. The minimum atomic E-state index is 0.681. The first kappa shape index (κ1) is 6.97. The van der Waals surface area contributed by atoms with Crippen molar-refractivity contribution in [2.45, 2.75) is 6.54 Å². The Balaban J connectivity index is 2.15. The second kappa shape index (κ2) is 3.13. The van der Waals surface area contributed by atoms with Gasteiger partial charge in [-0.05, 0) is 6.07 Å². The summed E-state index contributed by atoms with van der Waals surface area (Å²) in [6.45, 7) is 0.681. The highest BCUT2D eigenvalue weighted by Crippen LogP contribution is 1.93. The molecule has 0 radical (unpaired) electrons. The molecular weight excluding hydrogens is 152 g/mol. The maximum absolute atomic E-state index is 4.13. The molecule has 0 saturated heterocycles. The van der Waals surface area contributed by atoms with Crippen molar-refractivity contribution >= 4 is 0 Å². The average Bonchev–Trinajstić information content (AvgIpc) is 2.59. The van der Waals surface area contributed by atoms with Gasteiger partial charge in [-0.25, -0.2) is 0 Å². The SMILES string of the molecule is c1cnn(Cc2cnccn2)c1. The molecule has 0 saturated carbocycles. The molecule has 0 spiro atoms. The van der Waals surface area contributed by atoms with Crippen molar-refractivity contribution < 1.29 is 0 Å². The molecule has 2 heterocycles. The lowest BCUT2D eigenvalue weighted by atomic mass is 10.4. The topological polar surface area (TPSA) is 43.6 Å². The number of hydrogen-bond acceptors (Lipinski definition) is 3. The van der Waals surface area contributed by atoms with Gasteiger partial charge in [-0.2, -0.15) is 5.10 Å². The van der Waals surface area contributed by atoms with Gasteiger partial charge in [-0.15, -0.1) is 0 Å². The van der Waals surface area contributed by atoms with Crippen LogP contribution in [0.1, 0.15) is 5.69 Å². The molecule has 0 unspecified atom stereocenters. The van der Waals surface area contributed by atoms with Crippen LogP contribution in [0.25, 0.3) is 0 Å². The minimum Gasteiger partial charge on any atom is -0.267 e. The van der Waals surface area contributed by atoms with E-state index < -0.39 is 0 Å². The zero-order valence-corrected chi connectivity index (χ0v) is 6.46. The van der Waals surface area contributed by atoms with Crippen LogP contribution in [0.15, 0.2) is 37.1 Å². The van der Waals surface area contributed by atoms with Crippen LogP contribution < -0.4 is 0 Å². The summed E-state index contributed by atoms with van der Waals surface area (Å²) in [6, 6.07) is 1.89. The molecule has 60 valence electrons. The van der Waals surface area contributed by atoms with Crippen molar-refractivity contribution in [3.63, 3.8) is 0 Å². The molecule has 0 aliphatic rings. The first-order valence-electron chi connectivity index (χ1n) is 3.67. The lowest BCUT2D eigenvalue weighted by molar-refractivity contribution is 0.670. The predicted molar refractivity (Wildman–Crippen MR) is 43.4 cm³/mol. The van der Waals surface area contributed by atoms with E-state index in [9.17, 15) is 0 Å². The van der Waals surface area contributed by atoms with E-state index in [1.807, 2.05) is 16.9 Å². The Morgan fingerprint density at radius 2 is 2.25 bits per heavy atom. The molecule has 2 aromatic heterocycles. The summed E-state index contributed by atoms with van der Waals surface area (Å²) in [7, 11) is 0. The number of aromatic nitrogens is 4. The Kier molecular flexibility index (Phi) is 1.82.